The average molecular weight is 430 g/mol. The van der Waals surface area contributed by atoms with Gasteiger partial charge in [0.2, 0.25) is 10.0 Å². The topological polar surface area (TPSA) is 96.0 Å². The van der Waals surface area contributed by atoms with Crippen molar-refractivity contribution < 1.29 is 22.7 Å². The molecule has 0 bridgehead atoms. The lowest BCUT2D eigenvalue weighted by Crippen LogP contribution is -2.50. The number of sulfonamides is 1. The van der Waals surface area contributed by atoms with E-state index in [2.05, 4.69) is 24.1 Å². The van der Waals surface area contributed by atoms with Crippen LogP contribution in [-0.2, 0) is 24.3 Å². The van der Waals surface area contributed by atoms with Crippen molar-refractivity contribution in [1.29, 1.82) is 0 Å². The van der Waals surface area contributed by atoms with Gasteiger partial charge in [-0.1, -0.05) is 13.8 Å². The Hall–Kier alpha value is -1.45. The molecule has 0 aromatic heterocycles. The van der Waals surface area contributed by atoms with Crippen molar-refractivity contribution in [2.75, 3.05) is 45.5 Å². The summed E-state index contributed by atoms with van der Waals surface area (Å²) in [5.41, 5.74) is -0.313. The van der Waals surface area contributed by atoms with Crippen molar-refractivity contribution in [2.45, 2.75) is 58.5 Å². The van der Waals surface area contributed by atoms with Crippen LogP contribution in [0.3, 0.4) is 0 Å². The van der Waals surface area contributed by atoms with Crippen LogP contribution >= 0.6 is 0 Å². The predicted molar refractivity (Wildman–Crippen MR) is 112 cm³/mol. The number of nitrogens with zero attached hydrogens (tertiary/aromatic N) is 2. The van der Waals surface area contributed by atoms with E-state index in [4.69, 9.17) is 4.74 Å². The van der Waals surface area contributed by atoms with Crippen LogP contribution < -0.4 is 5.32 Å². The van der Waals surface area contributed by atoms with Crippen molar-refractivity contribution in [3.05, 3.63) is 11.1 Å². The molecule has 29 heavy (non-hydrogen) atoms. The number of esters is 1. The summed E-state index contributed by atoms with van der Waals surface area (Å²) in [5.74, 6) is -0.765. The molecule has 1 spiro atoms. The molecule has 0 saturated carbocycles. The second kappa shape index (κ2) is 10.0. The van der Waals surface area contributed by atoms with Gasteiger partial charge in [-0.25, -0.2) is 17.5 Å². The lowest BCUT2D eigenvalue weighted by molar-refractivity contribution is -0.150. The Labute approximate surface area is 174 Å². The number of hydrogen-bond donors (Lipinski definition) is 1. The minimum atomic E-state index is -3.30. The molecule has 1 amide bonds. The summed E-state index contributed by atoms with van der Waals surface area (Å²) in [5, 5.41) is 2.94. The number of hydrogen-bond acceptors (Lipinski definition) is 6. The molecule has 0 aromatic carbocycles. The highest BCUT2D eigenvalue weighted by Gasteiger charge is 2.51. The third kappa shape index (κ3) is 5.79. The van der Waals surface area contributed by atoms with Gasteiger partial charge >= 0.3 is 5.97 Å². The summed E-state index contributed by atoms with van der Waals surface area (Å²) in [7, 11) is -3.30. The van der Waals surface area contributed by atoms with Crippen LogP contribution in [0.1, 0.15) is 52.9 Å². The molecular weight excluding hydrogens is 394 g/mol. The van der Waals surface area contributed by atoms with Gasteiger partial charge in [-0.15, -0.1) is 0 Å². The number of piperidine rings is 1. The van der Waals surface area contributed by atoms with Gasteiger partial charge in [-0.3, -0.25) is 4.79 Å². The second-order valence-electron chi connectivity index (χ2n) is 8.00. The number of carbonyl (C=O) groups is 2. The molecule has 2 rings (SSSR count). The molecule has 1 fully saturated rings. The zero-order chi connectivity index (χ0) is 21.7. The Morgan fingerprint density at radius 3 is 2.28 bits per heavy atom. The monoisotopic (exact) mass is 429 g/mol. The molecule has 0 radical (unpaired) electrons. The molecule has 2 aliphatic heterocycles. The fraction of sp³-hybridized carbons (Fsp3) is 0.800. The first-order chi connectivity index (χ1) is 13.6. The van der Waals surface area contributed by atoms with Gasteiger partial charge in [0.05, 0.1) is 11.8 Å². The van der Waals surface area contributed by atoms with E-state index in [1.807, 2.05) is 0 Å². The predicted octanol–water partition coefficient (Wildman–Crippen LogP) is 1.28. The maximum atomic E-state index is 12.9. The molecule has 0 atom stereocenters. The molecule has 2 aliphatic rings. The molecule has 0 aromatic rings. The number of rotatable bonds is 10. The first-order valence-electron chi connectivity index (χ1n) is 10.5. The highest BCUT2D eigenvalue weighted by Crippen LogP contribution is 2.41. The summed E-state index contributed by atoms with van der Waals surface area (Å²) < 4.78 is 30.5. The van der Waals surface area contributed by atoms with Gasteiger partial charge in [0.1, 0.15) is 5.60 Å². The van der Waals surface area contributed by atoms with Crippen LogP contribution in [0.5, 0.6) is 0 Å². The van der Waals surface area contributed by atoms with E-state index >= 15 is 0 Å². The van der Waals surface area contributed by atoms with Crippen LogP contribution in [0.15, 0.2) is 11.1 Å². The first-order valence-corrected chi connectivity index (χ1v) is 12.4. The highest BCUT2D eigenvalue weighted by atomic mass is 32.2. The van der Waals surface area contributed by atoms with E-state index in [9.17, 15) is 18.0 Å². The van der Waals surface area contributed by atoms with Crippen LogP contribution in [0, 0.1) is 0 Å². The van der Waals surface area contributed by atoms with Crippen molar-refractivity contribution in [1.82, 2.24) is 14.5 Å². The second-order valence-corrected chi connectivity index (χ2v) is 9.98. The minimum absolute atomic E-state index is 0.235. The standard InChI is InChI=1S/C20H35N3O5S/c1-5-11-22(12-6-2)13-7-10-21-18(24)17-16(3)19(25)28-20(17)8-14-23(15-9-20)29(4,26)27/h5-15H2,1-4H3,(H,21,24). The van der Waals surface area contributed by atoms with E-state index in [1.165, 1.54) is 10.6 Å². The van der Waals surface area contributed by atoms with Gasteiger partial charge in [0.25, 0.3) is 5.91 Å². The lowest BCUT2D eigenvalue weighted by atomic mass is 9.83. The summed E-state index contributed by atoms with van der Waals surface area (Å²) in [6.45, 7) is 9.94. The summed E-state index contributed by atoms with van der Waals surface area (Å²) in [4.78, 5) is 27.5. The van der Waals surface area contributed by atoms with Crippen molar-refractivity contribution in [3.63, 3.8) is 0 Å². The fourth-order valence-corrected chi connectivity index (χ4v) is 5.06. The lowest BCUT2D eigenvalue weighted by Gasteiger charge is -2.38. The van der Waals surface area contributed by atoms with Crippen LogP contribution in [-0.4, -0.2) is 80.6 Å². The molecule has 9 heteroatoms. The normalized spacial score (nSPS) is 19.8. The third-order valence-corrected chi connectivity index (χ3v) is 6.97. The van der Waals surface area contributed by atoms with Crippen LogP contribution in [0.2, 0.25) is 0 Å². The molecule has 1 N–H and O–H groups in total. The molecule has 1 saturated heterocycles. The molecular formula is C20H35N3O5S. The highest BCUT2D eigenvalue weighted by molar-refractivity contribution is 7.88. The van der Waals surface area contributed by atoms with E-state index in [0.717, 1.165) is 38.9 Å². The molecule has 166 valence electrons. The van der Waals surface area contributed by atoms with Gasteiger partial charge in [-0.2, -0.15) is 0 Å². The first kappa shape index (κ1) is 23.8. The van der Waals surface area contributed by atoms with Gasteiger partial charge in [-0.05, 0) is 45.8 Å². The van der Waals surface area contributed by atoms with Gasteiger partial charge < -0.3 is 15.0 Å². The van der Waals surface area contributed by atoms with Crippen LogP contribution in [0.4, 0.5) is 0 Å². The Bertz CT molecular complexity index is 733. The smallest absolute Gasteiger partial charge is 0.335 e. The molecule has 0 unspecified atom stereocenters. The Morgan fingerprint density at radius 2 is 1.76 bits per heavy atom. The van der Waals surface area contributed by atoms with Gasteiger partial charge in [0.15, 0.2) is 0 Å². The number of amides is 1. The van der Waals surface area contributed by atoms with E-state index in [1.54, 1.807) is 6.92 Å². The van der Waals surface area contributed by atoms with E-state index < -0.39 is 21.6 Å². The summed E-state index contributed by atoms with van der Waals surface area (Å²) in [6, 6.07) is 0. The average Bonchev–Trinajstić information content (AvgIpc) is 2.88. The fourth-order valence-electron chi connectivity index (χ4n) is 4.22. The van der Waals surface area contributed by atoms with Crippen molar-refractivity contribution in [2.24, 2.45) is 0 Å². The van der Waals surface area contributed by atoms with Crippen molar-refractivity contribution >= 4 is 21.9 Å². The van der Waals surface area contributed by atoms with Crippen LogP contribution in [0.25, 0.3) is 0 Å². The number of ether oxygens (including phenoxy) is 1. The third-order valence-electron chi connectivity index (χ3n) is 5.67. The van der Waals surface area contributed by atoms with E-state index in [0.29, 0.717) is 30.5 Å². The molecule has 0 aliphatic carbocycles. The number of nitrogens with one attached hydrogen (secondary N) is 1. The molecule has 8 nitrogen and oxygen atoms in total. The Balaban J connectivity index is 1.97. The maximum Gasteiger partial charge on any atom is 0.335 e. The zero-order valence-corrected chi connectivity index (χ0v) is 18.9. The largest absolute Gasteiger partial charge is 0.450 e. The maximum absolute atomic E-state index is 12.9. The minimum Gasteiger partial charge on any atom is -0.450 e. The quantitative estimate of drug-likeness (QED) is 0.415. The van der Waals surface area contributed by atoms with Gasteiger partial charge in [0, 0.05) is 38.0 Å². The Morgan fingerprint density at radius 1 is 1.17 bits per heavy atom. The summed E-state index contributed by atoms with van der Waals surface area (Å²) >= 11 is 0. The number of carbonyl (C=O) groups excluding carboxylic acids is 2. The van der Waals surface area contributed by atoms with Crippen molar-refractivity contribution in [3.8, 4) is 0 Å². The Kier molecular flexibility index (Phi) is 8.25. The SMILES string of the molecule is CCCN(CCC)CCCNC(=O)C1=C(C)C(=O)OC12CCN(S(C)(=O)=O)CC2. The van der Waals surface area contributed by atoms with E-state index in [-0.39, 0.29) is 19.0 Å². The zero-order valence-electron chi connectivity index (χ0n) is 18.1. The summed E-state index contributed by atoms with van der Waals surface area (Å²) in [6.07, 6.45) is 4.80. The molecule has 2 heterocycles.